The molecule has 9 heteroatoms. The van der Waals surface area contributed by atoms with Crippen molar-refractivity contribution in [3.8, 4) is 5.75 Å². The smallest absolute Gasteiger partial charge is 0.489 e. The monoisotopic (exact) mass is 492 g/mol. The number of alkyl halides is 3. The number of ether oxygens (including phenoxy) is 1. The molecule has 0 aromatic heterocycles. The lowest BCUT2D eigenvalue weighted by Crippen LogP contribution is -2.42. The fraction of sp³-hybridized carbons (Fsp3) is 0.462. The number of carbonyl (C=O) groups excluding carboxylic acids is 1. The Morgan fingerprint density at radius 2 is 1.57 bits per heavy atom. The number of carboxylic acid groups (broad SMARTS) is 1. The van der Waals surface area contributed by atoms with Gasteiger partial charge in [0.05, 0.1) is 0 Å². The second-order valence-electron chi connectivity index (χ2n) is 8.90. The summed E-state index contributed by atoms with van der Waals surface area (Å²) >= 11 is 0. The minimum atomic E-state index is -5.08. The lowest BCUT2D eigenvalue weighted by Gasteiger charge is -2.28. The Labute approximate surface area is 203 Å². The summed E-state index contributed by atoms with van der Waals surface area (Å²) in [7, 11) is 0. The zero-order valence-corrected chi connectivity index (χ0v) is 19.8. The van der Waals surface area contributed by atoms with Crippen LogP contribution in [-0.4, -0.2) is 65.2 Å². The van der Waals surface area contributed by atoms with E-state index in [1.54, 1.807) is 0 Å². The number of nitrogens with zero attached hydrogens (tertiary/aromatic N) is 2. The van der Waals surface area contributed by atoms with E-state index >= 15 is 0 Å². The van der Waals surface area contributed by atoms with Crippen molar-refractivity contribution in [2.75, 3.05) is 26.2 Å². The van der Waals surface area contributed by atoms with Gasteiger partial charge in [-0.05, 0) is 75.5 Å². The predicted octanol–water partition coefficient (Wildman–Crippen LogP) is 4.91. The first kappa shape index (κ1) is 26.5. The molecule has 1 unspecified atom stereocenters. The molecule has 2 aliphatic heterocycles. The van der Waals surface area contributed by atoms with Gasteiger partial charge in [0.25, 0.3) is 5.91 Å². The highest BCUT2D eigenvalue weighted by molar-refractivity contribution is 5.94. The van der Waals surface area contributed by atoms with Crippen molar-refractivity contribution in [3.05, 3.63) is 65.2 Å². The molecule has 4 rings (SSSR count). The molecule has 0 radical (unpaired) electrons. The van der Waals surface area contributed by atoms with Crippen molar-refractivity contribution >= 4 is 11.9 Å². The van der Waals surface area contributed by atoms with Crippen LogP contribution in [0.3, 0.4) is 0 Å². The summed E-state index contributed by atoms with van der Waals surface area (Å²) in [5.74, 6) is -1.80. The van der Waals surface area contributed by atoms with E-state index in [1.165, 1.54) is 31.5 Å². The molecule has 0 aliphatic carbocycles. The van der Waals surface area contributed by atoms with Gasteiger partial charge in [-0.15, -0.1) is 0 Å². The molecule has 1 amide bonds. The SMILES string of the molecule is Cc1ccc(COc2ccc(C(=O)N3CCCC3CN3CCCC3)cc2)cc1.O=C(O)C(F)(F)F. The topological polar surface area (TPSA) is 70.1 Å². The number of hydrogen-bond acceptors (Lipinski definition) is 4. The molecule has 0 spiro atoms. The normalized spacial score (nSPS) is 18.2. The highest BCUT2D eigenvalue weighted by Crippen LogP contribution is 2.24. The van der Waals surface area contributed by atoms with Gasteiger partial charge in [-0.2, -0.15) is 13.2 Å². The van der Waals surface area contributed by atoms with E-state index in [2.05, 4.69) is 41.0 Å². The number of aryl methyl sites for hydroxylation is 1. The van der Waals surface area contributed by atoms with E-state index in [-0.39, 0.29) is 5.91 Å². The second kappa shape index (κ2) is 12.1. The van der Waals surface area contributed by atoms with E-state index in [1.807, 2.05) is 24.3 Å². The molecule has 35 heavy (non-hydrogen) atoms. The molecule has 1 atom stereocenters. The predicted molar refractivity (Wildman–Crippen MR) is 125 cm³/mol. The molecule has 2 heterocycles. The molecule has 2 aliphatic rings. The van der Waals surface area contributed by atoms with E-state index in [9.17, 15) is 18.0 Å². The molecule has 2 aromatic carbocycles. The van der Waals surface area contributed by atoms with Crippen molar-refractivity contribution in [2.24, 2.45) is 0 Å². The number of carbonyl (C=O) groups is 2. The number of benzene rings is 2. The highest BCUT2D eigenvalue weighted by atomic mass is 19.4. The van der Waals surface area contributed by atoms with Crippen molar-refractivity contribution in [1.82, 2.24) is 9.80 Å². The average molecular weight is 493 g/mol. The molecular weight excluding hydrogens is 461 g/mol. The average Bonchev–Trinajstić information content (AvgIpc) is 3.51. The Morgan fingerprint density at radius 3 is 2.14 bits per heavy atom. The van der Waals surface area contributed by atoms with Crippen molar-refractivity contribution in [2.45, 2.75) is 51.4 Å². The second-order valence-corrected chi connectivity index (χ2v) is 8.90. The van der Waals surface area contributed by atoms with Crippen LogP contribution in [0.5, 0.6) is 5.75 Å². The van der Waals surface area contributed by atoms with Gasteiger partial charge < -0.3 is 19.6 Å². The van der Waals surface area contributed by atoms with Crippen LogP contribution in [0.4, 0.5) is 13.2 Å². The van der Waals surface area contributed by atoms with Gasteiger partial charge >= 0.3 is 12.1 Å². The third-order valence-corrected chi connectivity index (χ3v) is 6.18. The maximum Gasteiger partial charge on any atom is 0.490 e. The van der Waals surface area contributed by atoms with Crippen molar-refractivity contribution in [3.63, 3.8) is 0 Å². The lowest BCUT2D eigenvalue weighted by molar-refractivity contribution is -0.192. The number of likely N-dealkylation sites (tertiary alicyclic amines) is 2. The van der Waals surface area contributed by atoms with Crippen LogP contribution in [0.25, 0.3) is 0 Å². The number of amides is 1. The molecule has 2 fully saturated rings. The summed E-state index contributed by atoms with van der Waals surface area (Å²) in [6, 6.07) is 16.3. The van der Waals surface area contributed by atoms with Crippen LogP contribution >= 0.6 is 0 Å². The van der Waals surface area contributed by atoms with E-state index in [4.69, 9.17) is 14.6 Å². The molecular formula is C26H31F3N2O4. The molecule has 0 saturated carbocycles. The molecule has 0 bridgehead atoms. The van der Waals surface area contributed by atoms with Crippen LogP contribution in [-0.2, 0) is 11.4 Å². The summed E-state index contributed by atoms with van der Waals surface area (Å²) in [6.07, 6.45) is -0.253. The minimum Gasteiger partial charge on any atom is -0.489 e. The molecule has 2 saturated heterocycles. The Morgan fingerprint density at radius 1 is 0.971 bits per heavy atom. The van der Waals surface area contributed by atoms with E-state index in [0.717, 1.165) is 42.8 Å². The summed E-state index contributed by atoms with van der Waals surface area (Å²) < 4.78 is 37.6. The molecule has 6 nitrogen and oxygen atoms in total. The van der Waals surface area contributed by atoms with Gasteiger partial charge in [-0.1, -0.05) is 29.8 Å². The van der Waals surface area contributed by atoms with Crippen LogP contribution in [0.15, 0.2) is 48.5 Å². The largest absolute Gasteiger partial charge is 0.490 e. The van der Waals surface area contributed by atoms with Crippen molar-refractivity contribution in [1.29, 1.82) is 0 Å². The highest BCUT2D eigenvalue weighted by Gasteiger charge is 2.38. The van der Waals surface area contributed by atoms with Crippen molar-refractivity contribution < 1.29 is 32.6 Å². The molecule has 2 aromatic rings. The Bertz CT molecular complexity index is 972. The maximum atomic E-state index is 13.0. The fourth-order valence-electron chi connectivity index (χ4n) is 4.27. The maximum absolute atomic E-state index is 13.0. The first-order valence-corrected chi connectivity index (χ1v) is 11.8. The Kier molecular flexibility index (Phi) is 9.14. The summed E-state index contributed by atoms with van der Waals surface area (Å²) in [4.78, 5) is 26.5. The van der Waals surface area contributed by atoms with Crippen LogP contribution in [0, 0.1) is 6.92 Å². The zero-order chi connectivity index (χ0) is 25.4. The van der Waals surface area contributed by atoms with Crippen LogP contribution < -0.4 is 4.74 Å². The number of carboxylic acids is 1. The third-order valence-electron chi connectivity index (χ3n) is 6.18. The summed E-state index contributed by atoms with van der Waals surface area (Å²) in [5.41, 5.74) is 3.15. The summed E-state index contributed by atoms with van der Waals surface area (Å²) in [5, 5.41) is 7.12. The zero-order valence-electron chi connectivity index (χ0n) is 19.8. The van der Waals surface area contributed by atoms with Gasteiger partial charge in [0.1, 0.15) is 12.4 Å². The minimum absolute atomic E-state index is 0.159. The third kappa shape index (κ3) is 7.99. The number of aliphatic carboxylic acids is 1. The Hall–Kier alpha value is -3.07. The van der Waals surface area contributed by atoms with Gasteiger partial charge in [-0.25, -0.2) is 4.79 Å². The standard InChI is InChI=1S/C24H30N2O2.C2HF3O2/c1-19-6-8-20(9-7-19)18-28-23-12-10-21(11-13-23)24(27)26-16-4-5-22(26)17-25-14-2-3-15-25;3-2(4,5)1(6)7/h6-13,22H,2-5,14-18H2,1H3;(H,6,7). The lowest BCUT2D eigenvalue weighted by atomic mass is 10.1. The van der Waals surface area contributed by atoms with Gasteiger partial charge in [0.2, 0.25) is 0 Å². The first-order chi connectivity index (χ1) is 16.6. The summed E-state index contributed by atoms with van der Waals surface area (Å²) in [6.45, 7) is 6.90. The van der Waals surface area contributed by atoms with Gasteiger partial charge in [0, 0.05) is 24.7 Å². The van der Waals surface area contributed by atoms with Crippen LogP contribution in [0.2, 0.25) is 0 Å². The molecule has 1 N–H and O–H groups in total. The van der Waals surface area contributed by atoms with Crippen LogP contribution in [0.1, 0.15) is 47.2 Å². The van der Waals surface area contributed by atoms with Gasteiger partial charge in [-0.3, -0.25) is 4.79 Å². The fourth-order valence-corrected chi connectivity index (χ4v) is 4.27. The number of halogens is 3. The number of rotatable bonds is 6. The van der Waals surface area contributed by atoms with E-state index < -0.39 is 12.1 Å². The molecule has 190 valence electrons. The van der Waals surface area contributed by atoms with E-state index in [0.29, 0.717) is 12.6 Å². The number of hydrogen-bond donors (Lipinski definition) is 1. The van der Waals surface area contributed by atoms with Gasteiger partial charge in [0.15, 0.2) is 0 Å². The Balaban J connectivity index is 0.000000429. The quantitative estimate of drug-likeness (QED) is 0.621. The first-order valence-electron chi connectivity index (χ1n) is 11.8.